The summed E-state index contributed by atoms with van der Waals surface area (Å²) >= 11 is 0. The molecule has 2 N–H and O–H groups in total. The average Bonchev–Trinajstić information content (AvgIpc) is 2.75. The molecule has 0 saturated carbocycles. The highest BCUT2D eigenvalue weighted by Gasteiger charge is 2.13. The number of nitrogens with zero attached hydrogens (tertiary/aromatic N) is 1. The second-order valence-corrected chi connectivity index (χ2v) is 6.34. The molecule has 148 valence electrons. The zero-order valence-corrected chi connectivity index (χ0v) is 16.2. The highest BCUT2D eigenvalue weighted by atomic mass is 16.5. The zero-order valence-electron chi connectivity index (χ0n) is 16.2. The molecule has 3 aromatic rings. The van der Waals surface area contributed by atoms with Gasteiger partial charge in [-0.2, -0.15) is 0 Å². The molecule has 2 aromatic carbocycles. The number of ether oxygens (including phenoxy) is 1. The van der Waals surface area contributed by atoms with Crippen LogP contribution in [0.2, 0.25) is 0 Å². The van der Waals surface area contributed by atoms with Crippen LogP contribution >= 0.6 is 0 Å². The van der Waals surface area contributed by atoms with Gasteiger partial charge in [0.05, 0.1) is 35.3 Å². The number of aromatic nitrogens is 1. The Morgan fingerprint density at radius 2 is 1.76 bits per heavy atom. The summed E-state index contributed by atoms with van der Waals surface area (Å²) in [5.41, 5.74) is 3.23. The molecule has 6 heteroatoms. The van der Waals surface area contributed by atoms with Gasteiger partial charge in [-0.05, 0) is 37.1 Å². The third-order valence-electron chi connectivity index (χ3n) is 4.24. The van der Waals surface area contributed by atoms with Gasteiger partial charge >= 0.3 is 5.97 Å². The van der Waals surface area contributed by atoms with Crippen LogP contribution in [-0.4, -0.2) is 30.0 Å². The first-order valence-electron chi connectivity index (χ1n) is 9.47. The molecule has 0 bridgehead atoms. The van der Waals surface area contributed by atoms with Crippen LogP contribution in [0.4, 0.5) is 11.4 Å². The predicted octanol–water partition coefficient (Wildman–Crippen LogP) is 3.97. The number of carbonyl (C=O) groups excluding carboxylic acids is 2. The Hall–Kier alpha value is -3.67. The van der Waals surface area contributed by atoms with Gasteiger partial charge in [-0.1, -0.05) is 42.5 Å². The fraction of sp³-hybridized carbons (Fsp3) is 0.174. The number of rotatable bonds is 8. The highest BCUT2D eigenvalue weighted by molar-refractivity contribution is 5.97. The van der Waals surface area contributed by atoms with Gasteiger partial charge in [-0.3, -0.25) is 9.78 Å². The quantitative estimate of drug-likeness (QED) is 0.570. The summed E-state index contributed by atoms with van der Waals surface area (Å²) in [6, 6.07) is 18.7. The normalized spacial score (nSPS) is 10.2. The SMILES string of the molecule is CCOC(=O)c1ccccc1Nc1cncc(C(=O)NCCc2ccccc2)c1. The molecule has 0 aliphatic rings. The second-order valence-electron chi connectivity index (χ2n) is 6.34. The maximum Gasteiger partial charge on any atom is 0.340 e. The lowest BCUT2D eigenvalue weighted by Crippen LogP contribution is -2.25. The number of anilines is 2. The zero-order chi connectivity index (χ0) is 20.5. The van der Waals surface area contributed by atoms with Gasteiger partial charge in [0.1, 0.15) is 0 Å². The van der Waals surface area contributed by atoms with E-state index in [2.05, 4.69) is 15.6 Å². The van der Waals surface area contributed by atoms with Crippen LogP contribution < -0.4 is 10.6 Å². The third-order valence-corrected chi connectivity index (χ3v) is 4.24. The molecule has 0 aliphatic heterocycles. The molecule has 0 fully saturated rings. The minimum Gasteiger partial charge on any atom is -0.462 e. The molecule has 0 aliphatic carbocycles. The number of esters is 1. The minimum absolute atomic E-state index is 0.198. The Bertz CT molecular complexity index is 974. The van der Waals surface area contributed by atoms with E-state index in [0.29, 0.717) is 35.7 Å². The topological polar surface area (TPSA) is 80.3 Å². The van der Waals surface area contributed by atoms with E-state index in [9.17, 15) is 9.59 Å². The number of amides is 1. The molecule has 1 amide bonds. The van der Waals surface area contributed by atoms with Crippen molar-refractivity contribution in [3.63, 3.8) is 0 Å². The molecule has 3 rings (SSSR count). The Balaban J connectivity index is 1.65. The third kappa shape index (κ3) is 5.65. The van der Waals surface area contributed by atoms with Gasteiger partial charge in [0.25, 0.3) is 5.91 Å². The summed E-state index contributed by atoms with van der Waals surface area (Å²) in [7, 11) is 0. The summed E-state index contributed by atoms with van der Waals surface area (Å²) in [5.74, 6) is -0.603. The molecule has 0 radical (unpaired) electrons. The van der Waals surface area contributed by atoms with Crippen molar-refractivity contribution < 1.29 is 14.3 Å². The molecule has 0 saturated heterocycles. The average molecular weight is 389 g/mol. The van der Waals surface area contributed by atoms with Gasteiger partial charge in [0.15, 0.2) is 0 Å². The number of carbonyl (C=O) groups is 2. The van der Waals surface area contributed by atoms with E-state index in [1.807, 2.05) is 36.4 Å². The molecule has 29 heavy (non-hydrogen) atoms. The van der Waals surface area contributed by atoms with E-state index in [1.54, 1.807) is 37.4 Å². The van der Waals surface area contributed by atoms with Crippen LogP contribution in [0, 0.1) is 0 Å². The van der Waals surface area contributed by atoms with E-state index in [1.165, 1.54) is 6.20 Å². The Kier molecular flexibility index (Phi) is 6.95. The molecular formula is C23H23N3O3. The minimum atomic E-state index is -0.404. The van der Waals surface area contributed by atoms with Crippen molar-refractivity contribution in [1.82, 2.24) is 10.3 Å². The molecule has 1 heterocycles. The molecule has 0 spiro atoms. The summed E-state index contributed by atoms with van der Waals surface area (Å²) in [4.78, 5) is 28.7. The van der Waals surface area contributed by atoms with Gasteiger partial charge in [0, 0.05) is 12.7 Å². The van der Waals surface area contributed by atoms with Crippen LogP contribution in [-0.2, 0) is 11.2 Å². The number of hydrogen-bond acceptors (Lipinski definition) is 5. The summed E-state index contributed by atoms with van der Waals surface area (Å²) < 4.78 is 5.09. The second kappa shape index (κ2) is 10.0. The van der Waals surface area contributed by atoms with Crippen molar-refractivity contribution in [2.24, 2.45) is 0 Å². The van der Waals surface area contributed by atoms with Crippen LogP contribution in [0.15, 0.2) is 73.1 Å². The van der Waals surface area contributed by atoms with E-state index in [0.717, 1.165) is 12.0 Å². The van der Waals surface area contributed by atoms with Gasteiger partial charge < -0.3 is 15.4 Å². The number of nitrogens with one attached hydrogen (secondary N) is 2. The maximum absolute atomic E-state index is 12.4. The smallest absolute Gasteiger partial charge is 0.340 e. The standard InChI is InChI=1S/C23H23N3O3/c1-2-29-23(28)20-10-6-7-11-21(20)26-19-14-18(15-24-16-19)22(27)25-13-12-17-8-4-3-5-9-17/h3-11,14-16,26H,2,12-13H2,1H3,(H,25,27). The Morgan fingerprint density at radius 3 is 2.55 bits per heavy atom. The van der Waals surface area contributed by atoms with Crippen molar-refractivity contribution in [1.29, 1.82) is 0 Å². The van der Waals surface area contributed by atoms with Crippen molar-refractivity contribution in [3.05, 3.63) is 89.7 Å². The highest BCUT2D eigenvalue weighted by Crippen LogP contribution is 2.22. The molecule has 0 atom stereocenters. The number of benzene rings is 2. The lowest BCUT2D eigenvalue weighted by Gasteiger charge is -2.12. The lowest BCUT2D eigenvalue weighted by atomic mass is 10.1. The molecular weight excluding hydrogens is 366 g/mol. The number of pyridine rings is 1. The number of hydrogen-bond donors (Lipinski definition) is 2. The predicted molar refractivity (Wildman–Crippen MR) is 112 cm³/mol. The summed E-state index contributed by atoms with van der Waals surface area (Å²) in [5, 5.41) is 6.05. The fourth-order valence-electron chi connectivity index (χ4n) is 2.83. The van der Waals surface area contributed by atoms with E-state index < -0.39 is 5.97 Å². The Morgan fingerprint density at radius 1 is 1.00 bits per heavy atom. The van der Waals surface area contributed by atoms with Crippen molar-refractivity contribution in [2.45, 2.75) is 13.3 Å². The van der Waals surface area contributed by atoms with Crippen LogP contribution in [0.25, 0.3) is 0 Å². The molecule has 6 nitrogen and oxygen atoms in total. The van der Waals surface area contributed by atoms with Crippen LogP contribution in [0.3, 0.4) is 0 Å². The first-order valence-corrected chi connectivity index (χ1v) is 9.47. The van der Waals surface area contributed by atoms with E-state index in [4.69, 9.17) is 4.74 Å². The van der Waals surface area contributed by atoms with E-state index in [-0.39, 0.29) is 5.91 Å². The van der Waals surface area contributed by atoms with Gasteiger partial charge in [-0.15, -0.1) is 0 Å². The molecule has 0 unspecified atom stereocenters. The summed E-state index contributed by atoms with van der Waals surface area (Å²) in [6.07, 6.45) is 3.87. The van der Waals surface area contributed by atoms with Crippen LogP contribution in [0.1, 0.15) is 33.2 Å². The first kappa shape index (κ1) is 20.1. The largest absolute Gasteiger partial charge is 0.462 e. The maximum atomic E-state index is 12.4. The van der Waals surface area contributed by atoms with Gasteiger partial charge in [0.2, 0.25) is 0 Å². The lowest BCUT2D eigenvalue weighted by molar-refractivity contribution is 0.0527. The monoisotopic (exact) mass is 389 g/mol. The van der Waals surface area contributed by atoms with Crippen LogP contribution in [0.5, 0.6) is 0 Å². The summed E-state index contributed by atoms with van der Waals surface area (Å²) in [6.45, 7) is 2.59. The first-order chi connectivity index (χ1) is 14.2. The Labute approximate surface area is 169 Å². The van der Waals surface area contributed by atoms with Gasteiger partial charge in [-0.25, -0.2) is 4.79 Å². The van der Waals surface area contributed by atoms with E-state index >= 15 is 0 Å². The number of para-hydroxylation sites is 1. The van der Waals surface area contributed by atoms with Crippen molar-refractivity contribution in [3.8, 4) is 0 Å². The fourth-order valence-corrected chi connectivity index (χ4v) is 2.83. The van der Waals surface area contributed by atoms with Crippen molar-refractivity contribution in [2.75, 3.05) is 18.5 Å². The molecule has 1 aromatic heterocycles. The van der Waals surface area contributed by atoms with Crippen molar-refractivity contribution >= 4 is 23.3 Å².